The molecule has 1 heterocycles. The number of rotatable bonds is 6. The lowest BCUT2D eigenvalue weighted by atomic mass is 9.97. The van der Waals surface area contributed by atoms with E-state index in [0.29, 0.717) is 5.92 Å². The average molecular weight is 262 g/mol. The summed E-state index contributed by atoms with van der Waals surface area (Å²) in [6.45, 7) is 4.38. The molecular weight excluding hydrogens is 236 g/mol. The van der Waals surface area contributed by atoms with Gasteiger partial charge in [-0.3, -0.25) is 0 Å². The second-order valence-corrected chi connectivity index (χ2v) is 5.52. The number of ether oxygens (including phenoxy) is 1. The van der Waals surface area contributed by atoms with E-state index in [1.54, 1.807) is 7.11 Å². The van der Waals surface area contributed by atoms with Gasteiger partial charge in [-0.2, -0.15) is 0 Å². The van der Waals surface area contributed by atoms with Crippen molar-refractivity contribution in [3.05, 3.63) is 29.8 Å². The highest BCUT2D eigenvalue weighted by Crippen LogP contribution is 2.17. The molecule has 106 valence electrons. The summed E-state index contributed by atoms with van der Waals surface area (Å²) in [6, 6.07) is 8.34. The molecule has 1 aliphatic rings. The van der Waals surface area contributed by atoms with Gasteiger partial charge >= 0.3 is 0 Å². The Morgan fingerprint density at radius 3 is 2.74 bits per heavy atom. The molecule has 19 heavy (non-hydrogen) atoms. The van der Waals surface area contributed by atoms with Gasteiger partial charge in [0.15, 0.2) is 0 Å². The Labute approximate surface area is 116 Å². The molecule has 3 nitrogen and oxygen atoms in total. The Kier molecular flexibility index (Phi) is 5.67. The molecule has 0 saturated carbocycles. The summed E-state index contributed by atoms with van der Waals surface area (Å²) in [4.78, 5) is 2.57. The first kappa shape index (κ1) is 14.4. The van der Waals surface area contributed by atoms with E-state index in [2.05, 4.69) is 23.1 Å². The molecule has 1 fully saturated rings. The van der Waals surface area contributed by atoms with E-state index in [0.717, 1.165) is 25.3 Å². The monoisotopic (exact) mass is 262 g/mol. The van der Waals surface area contributed by atoms with Crippen molar-refractivity contribution in [2.24, 2.45) is 11.7 Å². The van der Waals surface area contributed by atoms with Gasteiger partial charge in [0, 0.05) is 6.54 Å². The van der Waals surface area contributed by atoms with Crippen LogP contribution in [0.1, 0.15) is 24.8 Å². The fraction of sp³-hybridized carbons (Fsp3) is 0.625. The Bertz CT molecular complexity index is 375. The lowest BCUT2D eigenvalue weighted by Gasteiger charge is -2.30. The summed E-state index contributed by atoms with van der Waals surface area (Å²) in [5.41, 5.74) is 7.28. The molecule has 1 unspecified atom stereocenters. The molecule has 1 aromatic rings. The third kappa shape index (κ3) is 4.51. The SMILES string of the molecule is COc1cccc(CC(CN)CN2CCCCC2)c1. The zero-order valence-corrected chi connectivity index (χ0v) is 12.0. The predicted octanol–water partition coefficient (Wildman–Crippen LogP) is 2.30. The highest BCUT2D eigenvalue weighted by Gasteiger charge is 2.16. The van der Waals surface area contributed by atoms with Gasteiger partial charge in [0.05, 0.1) is 7.11 Å². The van der Waals surface area contributed by atoms with Gasteiger partial charge in [0.2, 0.25) is 0 Å². The molecule has 0 amide bonds. The van der Waals surface area contributed by atoms with Gasteiger partial charge in [-0.25, -0.2) is 0 Å². The molecule has 1 saturated heterocycles. The standard InChI is InChI=1S/C16H26N2O/c1-19-16-7-5-6-14(11-16)10-15(12-17)13-18-8-3-2-4-9-18/h5-7,11,15H,2-4,8-10,12-13,17H2,1H3. The maximum Gasteiger partial charge on any atom is 0.119 e. The summed E-state index contributed by atoms with van der Waals surface area (Å²) in [6.07, 6.45) is 5.12. The van der Waals surface area contributed by atoms with E-state index in [4.69, 9.17) is 10.5 Å². The quantitative estimate of drug-likeness (QED) is 0.855. The number of hydrogen-bond donors (Lipinski definition) is 1. The molecule has 0 radical (unpaired) electrons. The Balaban J connectivity index is 1.90. The number of methoxy groups -OCH3 is 1. The molecule has 0 spiro atoms. The van der Waals surface area contributed by atoms with Gasteiger partial charge in [-0.1, -0.05) is 18.6 Å². The molecule has 3 heteroatoms. The number of piperidine rings is 1. The zero-order chi connectivity index (χ0) is 13.5. The zero-order valence-electron chi connectivity index (χ0n) is 12.0. The number of benzene rings is 1. The highest BCUT2D eigenvalue weighted by molar-refractivity contribution is 5.28. The average Bonchev–Trinajstić information content (AvgIpc) is 2.48. The molecule has 2 N–H and O–H groups in total. The van der Waals surface area contributed by atoms with Crippen molar-refractivity contribution in [2.75, 3.05) is 33.3 Å². The lowest BCUT2D eigenvalue weighted by Crippen LogP contribution is -2.37. The third-order valence-corrected chi connectivity index (χ3v) is 3.96. The van der Waals surface area contributed by atoms with E-state index in [-0.39, 0.29) is 0 Å². The van der Waals surface area contributed by atoms with E-state index in [1.807, 2.05) is 6.07 Å². The van der Waals surface area contributed by atoms with Crippen molar-refractivity contribution in [2.45, 2.75) is 25.7 Å². The van der Waals surface area contributed by atoms with Gasteiger partial charge in [0.1, 0.15) is 5.75 Å². The van der Waals surface area contributed by atoms with Crippen molar-refractivity contribution in [1.29, 1.82) is 0 Å². The summed E-state index contributed by atoms with van der Waals surface area (Å²) in [5, 5.41) is 0. The van der Waals surface area contributed by atoms with Crippen molar-refractivity contribution in [3.63, 3.8) is 0 Å². The largest absolute Gasteiger partial charge is 0.497 e. The van der Waals surface area contributed by atoms with Crippen molar-refractivity contribution < 1.29 is 4.74 Å². The summed E-state index contributed by atoms with van der Waals surface area (Å²) >= 11 is 0. The molecule has 1 aliphatic heterocycles. The maximum absolute atomic E-state index is 5.95. The van der Waals surface area contributed by atoms with Crippen LogP contribution in [0.4, 0.5) is 0 Å². The van der Waals surface area contributed by atoms with Gasteiger partial charge in [0.25, 0.3) is 0 Å². The molecule has 0 bridgehead atoms. The fourth-order valence-corrected chi connectivity index (χ4v) is 2.86. The maximum atomic E-state index is 5.95. The second kappa shape index (κ2) is 7.51. The number of hydrogen-bond acceptors (Lipinski definition) is 3. The second-order valence-electron chi connectivity index (χ2n) is 5.52. The Hall–Kier alpha value is -1.06. The number of likely N-dealkylation sites (tertiary alicyclic amines) is 1. The fourth-order valence-electron chi connectivity index (χ4n) is 2.86. The van der Waals surface area contributed by atoms with Crippen molar-refractivity contribution >= 4 is 0 Å². The highest BCUT2D eigenvalue weighted by atomic mass is 16.5. The van der Waals surface area contributed by atoms with E-state index >= 15 is 0 Å². The first-order valence-electron chi connectivity index (χ1n) is 7.37. The molecular formula is C16H26N2O. The lowest BCUT2D eigenvalue weighted by molar-refractivity contribution is 0.196. The van der Waals surface area contributed by atoms with Crippen LogP contribution in [-0.2, 0) is 6.42 Å². The Morgan fingerprint density at radius 1 is 1.26 bits per heavy atom. The molecule has 0 aromatic heterocycles. The normalized spacial score (nSPS) is 18.2. The van der Waals surface area contributed by atoms with Gasteiger partial charge in [-0.05, 0) is 62.5 Å². The van der Waals surface area contributed by atoms with E-state index in [1.165, 1.54) is 37.9 Å². The topological polar surface area (TPSA) is 38.5 Å². The van der Waals surface area contributed by atoms with Crippen LogP contribution in [0, 0.1) is 5.92 Å². The van der Waals surface area contributed by atoms with Crippen molar-refractivity contribution in [3.8, 4) is 5.75 Å². The van der Waals surface area contributed by atoms with Crippen LogP contribution in [0.2, 0.25) is 0 Å². The first-order valence-corrected chi connectivity index (χ1v) is 7.37. The predicted molar refractivity (Wildman–Crippen MR) is 79.5 cm³/mol. The minimum absolute atomic E-state index is 0.546. The van der Waals surface area contributed by atoms with E-state index < -0.39 is 0 Å². The first-order chi connectivity index (χ1) is 9.31. The van der Waals surface area contributed by atoms with Crippen LogP contribution in [0.3, 0.4) is 0 Å². The van der Waals surface area contributed by atoms with Crippen LogP contribution in [0.15, 0.2) is 24.3 Å². The van der Waals surface area contributed by atoms with Crippen LogP contribution >= 0.6 is 0 Å². The summed E-state index contributed by atoms with van der Waals surface area (Å²) in [5.74, 6) is 1.48. The minimum Gasteiger partial charge on any atom is -0.497 e. The third-order valence-electron chi connectivity index (χ3n) is 3.96. The minimum atomic E-state index is 0.546. The van der Waals surface area contributed by atoms with Gasteiger partial charge in [-0.15, -0.1) is 0 Å². The van der Waals surface area contributed by atoms with Gasteiger partial charge < -0.3 is 15.4 Å². The van der Waals surface area contributed by atoms with Crippen LogP contribution in [0.5, 0.6) is 5.75 Å². The van der Waals surface area contributed by atoms with Crippen LogP contribution < -0.4 is 10.5 Å². The van der Waals surface area contributed by atoms with Crippen LogP contribution in [-0.4, -0.2) is 38.2 Å². The van der Waals surface area contributed by atoms with Crippen molar-refractivity contribution in [1.82, 2.24) is 4.90 Å². The molecule has 0 aliphatic carbocycles. The van der Waals surface area contributed by atoms with Crippen LogP contribution in [0.25, 0.3) is 0 Å². The molecule has 1 atom stereocenters. The molecule has 1 aromatic carbocycles. The molecule has 2 rings (SSSR count). The number of nitrogens with zero attached hydrogens (tertiary/aromatic N) is 1. The summed E-state index contributed by atoms with van der Waals surface area (Å²) in [7, 11) is 1.72. The number of nitrogens with two attached hydrogens (primary N) is 1. The smallest absolute Gasteiger partial charge is 0.119 e. The Morgan fingerprint density at radius 2 is 2.05 bits per heavy atom. The van der Waals surface area contributed by atoms with E-state index in [9.17, 15) is 0 Å². The summed E-state index contributed by atoms with van der Waals surface area (Å²) < 4.78 is 5.28.